The van der Waals surface area contributed by atoms with E-state index < -0.39 is 0 Å². The highest BCUT2D eigenvalue weighted by molar-refractivity contribution is 14.1. The fourth-order valence-corrected chi connectivity index (χ4v) is 1.73. The third kappa shape index (κ3) is 1.63. The van der Waals surface area contributed by atoms with Crippen LogP contribution in [0.25, 0.3) is 0 Å². The van der Waals surface area contributed by atoms with E-state index >= 15 is 0 Å². The van der Waals surface area contributed by atoms with Crippen molar-refractivity contribution in [3.8, 4) is 0 Å². The highest BCUT2D eigenvalue weighted by atomic mass is 127. The van der Waals surface area contributed by atoms with Gasteiger partial charge in [-0.15, -0.1) is 0 Å². The number of nitrogens with zero attached hydrogens (tertiary/aromatic N) is 2. The molecule has 3 nitrogen and oxygen atoms in total. The maximum absolute atomic E-state index is 5.72. The molecule has 1 heterocycles. The standard InChI is InChI=1S/C9H12IN3/c1-9(2)3-5(9)8-12-4-6(10)7(11)13-8/h4-5H,3H2,1-2H3,(H2,11,12,13). The highest BCUT2D eigenvalue weighted by Gasteiger charge is 2.48. The zero-order valence-corrected chi connectivity index (χ0v) is 9.87. The molecule has 1 atom stereocenters. The lowest BCUT2D eigenvalue weighted by Gasteiger charge is -2.03. The molecule has 1 aliphatic carbocycles. The Labute approximate surface area is 91.3 Å². The van der Waals surface area contributed by atoms with E-state index in [-0.39, 0.29) is 0 Å². The van der Waals surface area contributed by atoms with Gasteiger partial charge in [0.25, 0.3) is 0 Å². The molecule has 13 heavy (non-hydrogen) atoms. The van der Waals surface area contributed by atoms with Gasteiger partial charge in [-0.25, -0.2) is 9.97 Å². The number of anilines is 1. The van der Waals surface area contributed by atoms with Crippen molar-refractivity contribution in [1.82, 2.24) is 9.97 Å². The molecule has 1 aromatic heterocycles. The summed E-state index contributed by atoms with van der Waals surface area (Å²) in [4.78, 5) is 8.59. The number of hydrogen-bond acceptors (Lipinski definition) is 3. The summed E-state index contributed by atoms with van der Waals surface area (Å²) in [5, 5.41) is 0. The van der Waals surface area contributed by atoms with Gasteiger partial charge in [0, 0.05) is 12.1 Å². The van der Waals surface area contributed by atoms with Gasteiger partial charge >= 0.3 is 0 Å². The minimum absolute atomic E-state index is 0.374. The Morgan fingerprint density at radius 3 is 2.69 bits per heavy atom. The Morgan fingerprint density at radius 1 is 1.62 bits per heavy atom. The number of halogens is 1. The second-order valence-electron chi connectivity index (χ2n) is 4.21. The highest BCUT2D eigenvalue weighted by Crippen LogP contribution is 2.57. The van der Waals surface area contributed by atoms with Gasteiger partial charge in [-0.1, -0.05) is 13.8 Å². The van der Waals surface area contributed by atoms with Crippen LogP contribution in [0.3, 0.4) is 0 Å². The fraction of sp³-hybridized carbons (Fsp3) is 0.556. The van der Waals surface area contributed by atoms with Crippen LogP contribution in [0.1, 0.15) is 32.0 Å². The Kier molecular flexibility index (Phi) is 1.98. The Bertz CT molecular complexity index is 349. The van der Waals surface area contributed by atoms with E-state index in [1.807, 2.05) is 0 Å². The molecule has 1 saturated carbocycles. The molecule has 70 valence electrons. The Morgan fingerprint density at radius 2 is 2.23 bits per heavy atom. The van der Waals surface area contributed by atoms with E-state index in [0.29, 0.717) is 17.2 Å². The first-order chi connectivity index (χ1) is 6.00. The van der Waals surface area contributed by atoms with E-state index in [0.717, 1.165) is 9.39 Å². The van der Waals surface area contributed by atoms with Crippen LogP contribution < -0.4 is 5.73 Å². The zero-order valence-electron chi connectivity index (χ0n) is 7.71. The predicted molar refractivity (Wildman–Crippen MR) is 60.3 cm³/mol. The number of aromatic nitrogens is 2. The smallest absolute Gasteiger partial charge is 0.140 e. The average molecular weight is 289 g/mol. The summed E-state index contributed by atoms with van der Waals surface area (Å²) in [6, 6.07) is 0. The van der Waals surface area contributed by atoms with Crippen molar-refractivity contribution >= 4 is 28.4 Å². The number of hydrogen-bond donors (Lipinski definition) is 1. The Balaban J connectivity index is 2.29. The van der Waals surface area contributed by atoms with Crippen LogP contribution in [0.15, 0.2) is 6.20 Å². The molecule has 0 aliphatic heterocycles. The predicted octanol–water partition coefficient (Wildman–Crippen LogP) is 2.18. The molecule has 4 heteroatoms. The number of rotatable bonds is 1. The van der Waals surface area contributed by atoms with Crippen LogP contribution >= 0.6 is 22.6 Å². The first-order valence-electron chi connectivity index (χ1n) is 4.28. The van der Waals surface area contributed by atoms with Gasteiger partial charge in [-0.3, -0.25) is 0 Å². The topological polar surface area (TPSA) is 51.8 Å². The van der Waals surface area contributed by atoms with Crippen LogP contribution in [-0.2, 0) is 0 Å². The summed E-state index contributed by atoms with van der Waals surface area (Å²) >= 11 is 2.14. The monoisotopic (exact) mass is 289 g/mol. The molecule has 1 fully saturated rings. The van der Waals surface area contributed by atoms with Crippen molar-refractivity contribution < 1.29 is 0 Å². The molecule has 0 spiro atoms. The van der Waals surface area contributed by atoms with Crippen molar-refractivity contribution in [1.29, 1.82) is 0 Å². The van der Waals surface area contributed by atoms with Gasteiger partial charge in [0.2, 0.25) is 0 Å². The van der Waals surface area contributed by atoms with Gasteiger partial charge in [0.05, 0.1) is 3.57 Å². The summed E-state index contributed by atoms with van der Waals surface area (Å²) in [7, 11) is 0. The van der Waals surface area contributed by atoms with E-state index in [9.17, 15) is 0 Å². The summed E-state index contributed by atoms with van der Waals surface area (Å²) in [6.07, 6.45) is 2.97. The maximum Gasteiger partial charge on any atom is 0.140 e. The van der Waals surface area contributed by atoms with Crippen molar-refractivity contribution in [3.63, 3.8) is 0 Å². The lowest BCUT2D eigenvalue weighted by molar-refractivity contribution is 0.608. The second kappa shape index (κ2) is 2.80. The van der Waals surface area contributed by atoms with Crippen LogP contribution in [0.4, 0.5) is 5.82 Å². The molecule has 0 radical (unpaired) electrons. The molecule has 0 amide bonds. The quantitative estimate of drug-likeness (QED) is 0.806. The van der Waals surface area contributed by atoms with E-state index in [2.05, 4.69) is 46.4 Å². The first kappa shape index (κ1) is 9.18. The molecular formula is C9H12IN3. The van der Waals surface area contributed by atoms with Gasteiger partial charge < -0.3 is 5.73 Å². The normalized spacial score (nSPS) is 24.4. The molecule has 0 aromatic carbocycles. The Hall–Kier alpha value is -0.390. The third-order valence-electron chi connectivity index (χ3n) is 2.61. The largest absolute Gasteiger partial charge is 0.383 e. The molecule has 2 rings (SSSR count). The van der Waals surface area contributed by atoms with Crippen molar-refractivity contribution in [2.24, 2.45) is 5.41 Å². The van der Waals surface area contributed by atoms with Crippen molar-refractivity contribution in [2.45, 2.75) is 26.2 Å². The molecule has 1 unspecified atom stereocenters. The molecular weight excluding hydrogens is 277 g/mol. The molecule has 1 aromatic rings. The SMILES string of the molecule is CC1(C)CC1c1ncc(I)c(N)n1. The summed E-state index contributed by atoms with van der Waals surface area (Å²) in [6.45, 7) is 4.46. The third-order valence-corrected chi connectivity index (χ3v) is 3.45. The van der Waals surface area contributed by atoms with Crippen LogP contribution in [0.2, 0.25) is 0 Å². The zero-order chi connectivity index (χ0) is 9.64. The lowest BCUT2D eigenvalue weighted by atomic mass is 10.1. The average Bonchev–Trinajstić information content (AvgIpc) is 2.66. The summed E-state index contributed by atoms with van der Waals surface area (Å²) in [5.41, 5.74) is 6.09. The van der Waals surface area contributed by atoms with E-state index in [4.69, 9.17) is 5.73 Å². The summed E-state index contributed by atoms with van der Waals surface area (Å²) < 4.78 is 0.930. The minimum Gasteiger partial charge on any atom is -0.383 e. The van der Waals surface area contributed by atoms with Gasteiger partial charge in [0.15, 0.2) is 0 Å². The van der Waals surface area contributed by atoms with Gasteiger partial charge in [-0.2, -0.15) is 0 Å². The van der Waals surface area contributed by atoms with Gasteiger partial charge in [-0.05, 0) is 34.4 Å². The molecule has 2 N–H and O–H groups in total. The fourth-order valence-electron chi connectivity index (χ4n) is 1.47. The van der Waals surface area contributed by atoms with E-state index in [1.54, 1.807) is 6.20 Å². The van der Waals surface area contributed by atoms with Crippen molar-refractivity contribution in [2.75, 3.05) is 5.73 Å². The van der Waals surface area contributed by atoms with E-state index in [1.165, 1.54) is 6.42 Å². The lowest BCUT2D eigenvalue weighted by Crippen LogP contribution is -2.02. The molecule has 0 saturated heterocycles. The minimum atomic E-state index is 0.374. The molecule has 0 bridgehead atoms. The van der Waals surface area contributed by atoms with Crippen LogP contribution in [-0.4, -0.2) is 9.97 Å². The number of nitrogens with two attached hydrogens (primary N) is 1. The van der Waals surface area contributed by atoms with Crippen LogP contribution in [0.5, 0.6) is 0 Å². The molecule has 1 aliphatic rings. The first-order valence-corrected chi connectivity index (χ1v) is 5.36. The number of nitrogen functional groups attached to an aromatic ring is 1. The van der Waals surface area contributed by atoms with Crippen molar-refractivity contribution in [3.05, 3.63) is 15.6 Å². The van der Waals surface area contributed by atoms with Gasteiger partial charge in [0.1, 0.15) is 11.6 Å². The second-order valence-corrected chi connectivity index (χ2v) is 5.37. The summed E-state index contributed by atoms with van der Waals surface area (Å²) in [5.74, 6) is 2.02. The van der Waals surface area contributed by atoms with Crippen LogP contribution in [0, 0.1) is 8.99 Å². The maximum atomic E-state index is 5.72.